The van der Waals surface area contributed by atoms with E-state index in [4.69, 9.17) is 0 Å². The normalized spacial score (nSPS) is 12.0. The van der Waals surface area contributed by atoms with Crippen molar-refractivity contribution >= 4 is 21.6 Å². The highest BCUT2D eigenvalue weighted by Gasteiger charge is 2.17. The molecule has 0 unspecified atom stereocenters. The largest absolute Gasteiger partial charge is 0.351 e. The summed E-state index contributed by atoms with van der Waals surface area (Å²) < 4.78 is 26.2. The minimum atomic E-state index is -3.79. The van der Waals surface area contributed by atoms with Crippen molar-refractivity contribution in [1.29, 1.82) is 0 Å². The molecule has 1 amide bonds. The molecule has 0 aliphatic carbocycles. The maximum Gasteiger partial charge on any atom is 0.269 e. The van der Waals surface area contributed by atoms with Gasteiger partial charge in [-0.05, 0) is 32.9 Å². The molecule has 2 N–H and O–H groups in total. The third-order valence-electron chi connectivity index (χ3n) is 2.52. The molecule has 0 spiro atoms. The number of rotatable bonds is 6. The Bertz CT molecular complexity index is 647. The van der Waals surface area contributed by atoms with E-state index in [0.29, 0.717) is 0 Å². The maximum absolute atomic E-state index is 12.0. The van der Waals surface area contributed by atoms with Crippen LogP contribution >= 0.6 is 0 Å². The standard InChI is InChI=1S/C13H19N3O5S/c1-13(2,3)15-12(17)8-9-14-22(20,21)11-6-4-10(5-7-11)16(18)19/h4-7,14H,8-9H2,1-3H3,(H,15,17). The third kappa shape index (κ3) is 5.78. The van der Waals surface area contributed by atoms with E-state index in [1.165, 1.54) is 0 Å². The molecule has 0 fully saturated rings. The summed E-state index contributed by atoms with van der Waals surface area (Å²) in [5, 5.41) is 13.2. The van der Waals surface area contributed by atoms with Crippen LogP contribution in [-0.2, 0) is 14.8 Å². The molecule has 1 aromatic carbocycles. The molecule has 1 rings (SSSR count). The molecule has 22 heavy (non-hydrogen) atoms. The summed E-state index contributed by atoms with van der Waals surface area (Å²) >= 11 is 0. The van der Waals surface area contributed by atoms with Crippen molar-refractivity contribution in [3.63, 3.8) is 0 Å². The van der Waals surface area contributed by atoms with Gasteiger partial charge in [-0.1, -0.05) is 0 Å². The molecule has 0 heterocycles. The molecule has 9 heteroatoms. The number of non-ortho nitro benzene ring substituents is 1. The fourth-order valence-electron chi connectivity index (χ4n) is 1.61. The van der Waals surface area contributed by atoms with Crippen LogP contribution in [-0.4, -0.2) is 31.3 Å². The van der Waals surface area contributed by atoms with Gasteiger partial charge in [-0.15, -0.1) is 0 Å². The van der Waals surface area contributed by atoms with Gasteiger partial charge >= 0.3 is 0 Å². The number of benzene rings is 1. The Kier molecular flexibility index (Phi) is 5.61. The SMILES string of the molecule is CC(C)(C)NC(=O)CCNS(=O)(=O)c1ccc([N+](=O)[O-])cc1. The van der Waals surface area contributed by atoms with E-state index >= 15 is 0 Å². The average Bonchev–Trinajstić information content (AvgIpc) is 2.36. The lowest BCUT2D eigenvalue weighted by atomic mass is 10.1. The summed E-state index contributed by atoms with van der Waals surface area (Å²) in [6, 6.07) is 4.52. The van der Waals surface area contributed by atoms with Gasteiger partial charge in [-0.3, -0.25) is 14.9 Å². The topological polar surface area (TPSA) is 118 Å². The molecule has 0 bridgehead atoms. The number of carbonyl (C=O) groups is 1. The summed E-state index contributed by atoms with van der Waals surface area (Å²) in [5.41, 5.74) is -0.572. The van der Waals surface area contributed by atoms with E-state index < -0.39 is 14.9 Å². The Morgan fingerprint density at radius 3 is 2.23 bits per heavy atom. The highest BCUT2D eigenvalue weighted by atomic mass is 32.2. The Morgan fingerprint density at radius 2 is 1.77 bits per heavy atom. The zero-order chi connectivity index (χ0) is 17.0. The van der Waals surface area contributed by atoms with Gasteiger partial charge in [-0.25, -0.2) is 13.1 Å². The molecule has 0 aromatic heterocycles. The fourth-order valence-corrected chi connectivity index (χ4v) is 2.64. The second-order valence-corrected chi connectivity index (χ2v) is 7.46. The Labute approximate surface area is 129 Å². The smallest absolute Gasteiger partial charge is 0.269 e. The second kappa shape index (κ2) is 6.84. The van der Waals surface area contributed by atoms with Crippen LogP contribution in [0.5, 0.6) is 0 Å². The van der Waals surface area contributed by atoms with Crippen LogP contribution < -0.4 is 10.0 Å². The van der Waals surface area contributed by atoms with Crippen LogP contribution in [0.3, 0.4) is 0 Å². The van der Waals surface area contributed by atoms with E-state index in [2.05, 4.69) is 10.0 Å². The molecule has 0 atom stereocenters. The molecular formula is C13H19N3O5S. The average molecular weight is 329 g/mol. The monoisotopic (exact) mass is 329 g/mol. The van der Waals surface area contributed by atoms with Crippen LogP contribution in [0.2, 0.25) is 0 Å². The summed E-state index contributed by atoms with van der Waals surface area (Å²) in [4.78, 5) is 21.4. The molecule has 1 aromatic rings. The van der Waals surface area contributed by atoms with Crippen LogP contribution in [0, 0.1) is 10.1 Å². The molecule has 0 saturated carbocycles. The van der Waals surface area contributed by atoms with Crippen molar-refractivity contribution in [1.82, 2.24) is 10.0 Å². The number of nitrogens with one attached hydrogen (secondary N) is 2. The van der Waals surface area contributed by atoms with Gasteiger partial charge < -0.3 is 5.32 Å². The predicted octanol–water partition coefficient (Wildman–Crippen LogP) is 1.18. The first kappa shape index (κ1) is 18.1. The van der Waals surface area contributed by atoms with Crippen LogP contribution in [0.4, 0.5) is 5.69 Å². The summed E-state index contributed by atoms with van der Waals surface area (Å²) in [5.74, 6) is -0.265. The zero-order valence-corrected chi connectivity index (χ0v) is 13.4. The third-order valence-corrected chi connectivity index (χ3v) is 3.99. The summed E-state index contributed by atoms with van der Waals surface area (Å²) in [7, 11) is -3.79. The Balaban J connectivity index is 2.61. The highest BCUT2D eigenvalue weighted by Crippen LogP contribution is 2.15. The van der Waals surface area contributed by atoms with Crippen molar-refractivity contribution in [3.8, 4) is 0 Å². The molecule has 122 valence electrons. The number of carbonyl (C=O) groups excluding carboxylic acids is 1. The highest BCUT2D eigenvalue weighted by molar-refractivity contribution is 7.89. The van der Waals surface area contributed by atoms with Crippen molar-refractivity contribution < 1.29 is 18.1 Å². The van der Waals surface area contributed by atoms with Gasteiger partial charge in [-0.2, -0.15) is 0 Å². The minimum absolute atomic E-state index is 0.00345. The zero-order valence-electron chi connectivity index (χ0n) is 12.6. The molecule has 0 aliphatic heterocycles. The predicted molar refractivity (Wildman–Crippen MR) is 80.8 cm³/mol. The van der Waals surface area contributed by atoms with E-state index in [1.54, 1.807) is 0 Å². The lowest BCUT2D eigenvalue weighted by molar-refractivity contribution is -0.384. The van der Waals surface area contributed by atoms with Crippen molar-refractivity contribution in [3.05, 3.63) is 34.4 Å². The number of hydrogen-bond acceptors (Lipinski definition) is 5. The van der Waals surface area contributed by atoms with Gasteiger partial charge in [0, 0.05) is 30.6 Å². The number of sulfonamides is 1. The maximum atomic E-state index is 12.0. The van der Waals surface area contributed by atoms with Crippen LogP contribution in [0.1, 0.15) is 27.2 Å². The summed E-state index contributed by atoms with van der Waals surface area (Å²) in [6.07, 6.45) is 0.00345. The fraction of sp³-hybridized carbons (Fsp3) is 0.462. The quantitative estimate of drug-likeness (QED) is 0.600. The molecule has 0 saturated heterocycles. The van der Waals surface area contributed by atoms with E-state index in [9.17, 15) is 23.3 Å². The van der Waals surface area contributed by atoms with Gasteiger partial charge in [0.2, 0.25) is 15.9 Å². The lowest BCUT2D eigenvalue weighted by Gasteiger charge is -2.20. The lowest BCUT2D eigenvalue weighted by Crippen LogP contribution is -2.41. The summed E-state index contributed by atoms with van der Waals surface area (Å²) in [6.45, 7) is 5.42. The van der Waals surface area contributed by atoms with Crippen LogP contribution in [0.25, 0.3) is 0 Å². The Hall–Kier alpha value is -2.00. The molecular weight excluding hydrogens is 310 g/mol. The first-order chi connectivity index (χ1) is 10.0. The Morgan fingerprint density at radius 1 is 1.23 bits per heavy atom. The number of amides is 1. The van der Waals surface area contributed by atoms with Crippen molar-refractivity contribution in [2.24, 2.45) is 0 Å². The first-order valence-corrected chi connectivity index (χ1v) is 8.05. The van der Waals surface area contributed by atoms with Gasteiger partial charge in [0.25, 0.3) is 5.69 Å². The number of nitro groups is 1. The van der Waals surface area contributed by atoms with Gasteiger partial charge in [0.05, 0.1) is 9.82 Å². The minimum Gasteiger partial charge on any atom is -0.351 e. The molecule has 0 radical (unpaired) electrons. The first-order valence-electron chi connectivity index (χ1n) is 6.56. The van der Waals surface area contributed by atoms with E-state index in [-0.39, 0.29) is 35.0 Å². The van der Waals surface area contributed by atoms with Gasteiger partial charge in [0.1, 0.15) is 0 Å². The second-order valence-electron chi connectivity index (χ2n) is 5.70. The number of hydrogen-bond donors (Lipinski definition) is 2. The van der Waals surface area contributed by atoms with Crippen molar-refractivity contribution in [2.75, 3.05) is 6.54 Å². The van der Waals surface area contributed by atoms with Crippen molar-refractivity contribution in [2.45, 2.75) is 37.6 Å². The number of nitro benzene ring substituents is 1. The van der Waals surface area contributed by atoms with Crippen LogP contribution in [0.15, 0.2) is 29.2 Å². The molecule has 8 nitrogen and oxygen atoms in total. The van der Waals surface area contributed by atoms with E-state index in [0.717, 1.165) is 24.3 Å². The number of nitrogens with zero attached hydrogens (tertiary/aromatic N) is 1. The van der Waals surface area contributed by atoms with E-state index in [1.807, 2.05) is 20.8 Å². The van der Waals surface area contributed by atoms with Gasteiger partial charge in [0.15, 0.2) is 0 Å². The molecule has 0 aliphatic rings.